The Bertz CT molecular complexity index is 456. The van der Waals surface area contributed by atoms with Gasteiger partial charge in [-0.3, -0.25) is 0 Å². The number of nitrogens with zero attached hydrogens (tertiary/aromatic N) is 3. The number of nitrogens with one attached hydrogen (secondary N) is 1. The largest absolute Gasteiger partial charge is 0.317 e. The van der Waals surface area contributed by atoms with Crippen LogP contribution >= 0.6 is 0 Å². The van der Waals surface area contributed by atoms with Crippen molar-refractivity contribution in [3.63, 3.8) is 0 Å². The quantitative estimate of drug-likeness (QED) is 0.755. The maximum atomic E-state index is 4.19. The molecule has 15 heavy (non-hydrogen) atoms. The molecule has 0 spiro atoms. The minimum atomic E-state index is 0.669. The maximum Gasteiger partial charge on any atom is 0.136 e. The fraction of sp³-hybridized carbons (Fsp3) is 0.455. The number of rotatable bonds is 1. The van der Waals surface area contributed by atoms with Crippen molar-refractivity contribution < 1.29 is 0 Å². The molecule has 4 heteroatoms. The van der Waals surface area contributed by atoms with E-state index in [1.54, 1.807) is 6.33 Å². The molecule has 0 aromatic carbocycles. The molecule has 0 radical (unpaired) electrons. The minimum absolute atomic E-state index is 0.669. The molecule has 1 saturated heterocycles. The van der Waals surface area contributed by atoms with Gasteiger partial charge < -0.3 is 5.32 Å². The lowest BCUT2D eigenvalue weighted by Crippen LogP contribution is -2.26. The van der Waals surface area contributed by atoms with E-state index >= 15 is 0 Å². The lowest BCUT2D eigenvalue weighted by Gasteiger charge is -2.22. The first kappa shape index (κ1) is 8.85. The van der Waals surface area contributed by atoms with E-state index in [0.717, 1.165) is 18.6 Å². The zero-order chi connectivity index (χ0) is 10.1. The van der Waals surface area contributed by atoms with Crippen LogP contribution < -0.4 is 5.32 Å². The fourth-order valence-electron chi connectivity index (χ4n) is 2.35. The molecule has 3 heterocycles. The molecular weight excluding hydrogens is 188 g/mol. The third kappa shape index (κ3) is 1.51. The van der Waals surface area contributed by atoms with Gasteiger partial charge in [-0.15, -0.1) is 0 Å². The van der Waals surface area contributed by atoms with Gasteiger partial charge in [0.2, 0.25) is 0 Å². The summed E-state index contributed by atoms with van der Waals surface area (Å²) in [5.41, 5.74) is 2.56. The van der Waals surface area contributed by atoms with E-state index in [9.17, 15) is 0 Å². The van der Waals surface area contributed by atoms with Crippen LogP contribution in [0.1, 0.15) is 24.3 Å². The Labute approximate surface area is 88.3 Å². The SMILES string of the molecule is c1ncc2c(C3CCNCC3)ccn2n1. The van der Waals surface area contributed by atoms with Gasteiger partial charge >= 0.3 is 0 Å². The van der Waals surface area contributed by atoms with Gasteiger partial charge in [0.05, 0.1) is 11.7 Å². The molecule has 0 unspecified atom stereocenters. The summed E-state index contributed by atoms with van der Waals surface area (Å²) >= 11 is 0. The standard InChI is InChI=1S/C11H14N4/c1-4-12-5-2-9(1)10-3-6-15-11(10)7-13-8-14-15/h3,6-9,12H,1-2,4-5H2. The van der Waals surface area contributed by atoms with Crippen molar-refractivity contribution in [1.82, 2.24) is 19.9 Å². The molecule has 4 nitrogen and oxygen atoms in total. The van der Waals surface area contributed by atoms with Crippen LogP contribution in [-0.4, -0.2) is 27.7 Å². The summed E-state index contributed by atoms with van der Waals surface area (Å²) in [6, 6.07) is 2.18. The van der Waals surface area contributed by atoms with Crippen LogP contribution in [0.4, 0.5) is 0 Å². The van der Waals surface area contributed by atoms with Crippen molar-refractivity contribution in [3.05, 3.63) is 30.4 Å². The van der Waals surface area contributed by atoms with Crippen molar-refractivity contribution in [2.75, 3.05) is 13.1 Å². The van der Waals surface area contributed by atoms with Gasteiger partial charge in [0.25, 0.3) is 0 Å². The summed E-state index contributed by atoms with van der Waals surface area (Å²) in [4.78, 5) is 4.09. The highest BCUT2D eigenvalue weighted by atomic mass is 15.2. The van der Waals surface area contributed by atoms with Crippen molar-refractivity contribution in [2.45, 2.75) is 18.8 Å². The van der Waals surface area contributed by atoms with Gasteiger partial charge in [-0.2, -0.15) is 5.10 Å². The Kier molecular flexibility index (Phi) is 2.14. The van der Waals surface area contributed by atoms with Crippen molar-refractivity contribution in [1.29, 1.82) is 0 Å². The van der Waals surface area contributed by atoms with Gasteiger partial charge in [0, 0.05) is 6.20 Å². The normalized spacial score (nSPS) is 18.4. The zero-order valence-electron chi connectivity index (χ0n) is 8.56. The van der Waals surface area contributed by atoms with E-state index < -0.39 is 0 Å². The van der Waals surface area contributed by atoms with E-state index in [4.69, 9.17) is 0 Å². The minimum Gasteiger partial charge on any atom is -0.317 e. The summed E-state index contributed by atoms with van der Waals surface area (Å²) in [5.74, 6) is 0.669. The molecule has 78 valence electrons. The molecule has 0 aliphatic carbocycles. The number of hydrogen-bond donors (Lipinski definition) is 1. The monoisotopic (exact) mass is 202 g/mol. The first-order valence-electron chi connectivity index (χ1n) is 5.43. The molecule has 2 aromatic rings. The van der Waals surface area contributed by atoms with Crippen LogP contribution in [0.25, 0.3) is 5.52 Å². The molecule has 3 rings (SSSR count). The second kappa shape index (κ2) is 3.62. The predicted molar refractivity (Wildman–Crippen MR) is 57.8 cm³/mol. The Morgan fingerprint density at radius 2 is 2.20 bits per heavy atom. The van der Waals surface area contributed by atoms with Crippen LogP contribution in [0, 0.1) is 0 Å². The molecule has 1 aliphatic rings. The van der Waals surface area contributed by atoms with Gasteiger partial charge in [-0.1, -0.05) is 0 Å². The molecule has 2 aromatic heterocycles. The van der Waals surface area contributed by atoms with Gasteiger partial charge in [-0.05, 0) is 43.5 Å². The number of fused-ring (bicyclic) bond motifs is 1. The average molecular weight is 202 g/mol. The van der Waals surface area contributed by atoms with Crippen LogP contribution in [-0.2, 0) is 0 Å². The van der Waals surface area contributed by atoms with Gasteiger partial charge in [0.15, 0.2) is 0 Å². The highest BCUT2D eigenvalue weighted by Crippen LogP contribution is 2.28. The van der Waals surface area contributed by atoms with E-state index in [2.05, 4.69) is 21.5 Å². The van der Waals surface area contributed by atoms with E-state index in [1.165, 1.54) is 18.4 Å². The molecule has 0 amide bonds. The van der Waals surface area contributed by atoms with Crippen molar-refractivity contribution in [3.8, 4) is 0 Å². The number of aromatic nitrogens is 3. The summed E-state index contributed by atoms with van der Waals surface area (Å²) in [7, 11) is 0. The van der Waals surface area contributed by atoms with Gasteiger partial charge in [-0.25, -0.2) is 9.50 Å². The second-order valence-corrected chi connectivity index (χ2v) is 4.03. The predicted octanol–water partition coefficient (Wildman–Crippen LogP) is 1.20. The smallest absolute Gasteiger partial charge is 0.136 e. The fourth-order valence-corrected chi connectivity index (χ4v) is 2.35. The summed E-state index contributed by atoms with van der Waals surface area (Å²) in [6.07, 6.45) is 7.95. The Balaban J connectivity index is 2.02. The molecule has 1 aliphatic heterocycles. The summed E-state index contributed by atoms with van der Waals surface area (Å²) in [5, 5.41) is 7.57. The first-order valence-corrected chi connectivity index (χ1v) is 5.43. The third-order valence-corrected chi connectivity index (χ3v) is 3.16. The average Bonchev–Trinajstić information content (AvgIpc) is 2.74. The van der Waals surface area contributed by atoms with E-state index in [0.29, 0.717) is 5.92 Å². The third-order valence-electron chi connectivity index (χ3n) is 3.16. The van der Waals surface area contributed by atoms with E-state index in [-0.39, 0.29) is 0 Å². The maximum absolute atomic E-state index is 4.19. The lowest BCUT2D eigenvalue weighted by atomic mass is 9.91. The number of hydrogen-bond acceptors (Lipinski definition) is 3. The first-order chi connectivity index (χ1) is 7.45. The summed E-state index contributed by atoms with van der Waals surface area (Å²) < 4.78 is 1.91. The Morgan fingerprint density at radius 3 is 3.07 bits per heavy atom. The van der Waals surface area contributed by atoms with Crippen molar-refractivity contribution in [2.24, 2.45) is 0 Å². The molecular formula is C11H14N4. The molecule has 1 fully saturated rings. The van der Waals surface area contributed by atoms with Gasteiger partial charge in [0.1, 0.15) is 6.33 Å². The zero-order valence-corrected chi connectivity index (χ0v) is 8.56. The topological polar surface area (TPSA) is 42.2 Å². The second-order valence-electron chi connectivity index (χ2n) is 4.03. The Hall–Kier alpha value is -1.42. The summed E-state index contributed by atoms with van der Waals surface area (Å²) in [6.45, 7) is 2.24. The van der Waals surface area contributed by atoms with Crippen molar-refractivity contribution >= 4 is 5.52 Å². The van der Waals surface area contributed by atoms with Crippen LogP contribution in [0.3, 0.4) is 0 Å². The lowest BCUT2D eigenvalue weighted by molar-refractivity contribution is 0.462. The number of piperidine rings is 1. The molecule has 1 N–H and O–H groups in total. The molecule has 0 bridgehead atoms. The highest BCUT2D eigenvalue weighted by Gasteiger charge is 2.18. The molecule has 0 atom stereocenters. The van der Waals surface area contributed by atoms with E-state index in [1.807, 2.05) is 16.9 Å². The Morgan fingerprint density at radius 1 is 1.33 bits per heavy atom. The van der Waals surface area contributed by atoms with Crippen LogP contribution in [0.15, 0.2) is 24.8 Å². The van der Waals surface area contributed by atoms with Crippen LogP contribution in [0.5, 0.6) is 0 Å². The highest BCUT2D eigenvalue weighted by molar-refractivity contribution is 5.54. The van der Waals surface area contributed by atoms with Crippen LogP contribution in [0.2, 0.25) is 0 Å². The molecule has 0 saturated carbocycles.